The van der Waals surface area contributed by atoms with E-state index in [-0.39, 0.29) is 23.8 Å². The molecule has 0 spiro atoms. The van der Waals surface area contributed by atoms with Crippen molar-refractivity contribution in [2.45, 2.75) is 78.6 Å². The zero-order chi connectivity index (χ0) is 17.1. The second-order valence-electron chi connectivity index (χ2n) is 6.75. The molecule has 2 unspecified atom stereocenters. The van der Waals surface area contributed by atoms with E-state index < -0.39 is 5.92 Å². The Morgan fingerprint density at radius 2 is 1.43 bits per heavy atom. The Kier molecular flexibility index (Phi) is 9.97. The average Bonchev–Trinajstić information content (AvgIpc) is 2.56. The summed E-state index contributed by atoms with van der Waals surface area (Å²) >= 11 is 0. The van der Waals surface area contributed by atoms with Crippen molar-refractivity contribution in [2.75, 3.05) is 13.2 Å². The summed E-state index contributed by atoms with van der Waals surface area (Å²) in [5.41, 5.74) is 0. The van der Waals surface area contributed by atoms with Crippen LogP contribution in [0.25, 0.3) is 0 Å². The van der Waals surface area contributed by atoms with Crippen LogP contribution in [-0.4, -0.2) is 25.2 Å². The molecular formula is C19H34O4. The molecule has 1 rings (SSSR count). The molecule has 0 aliphatic heterocycles. The molecule has 0 radical (unpaired) electrons. The van der Waals surface area contributed by atoms with Crippen LogP contribution in [-0.2, 0) is 19.1 Å². The summed E-state index contributed by atoms with van der Waals surface area (Å²) < 4.78 is 10.8. The van der Waals surface area contributed by atoms with Gasteiger partial charge in [-0.05, 0) is 31.6 Å². The Bertz CT molecular complexity index is 347. The van der Waals surface area contributed by atoms with Crippen molar-refractivity contribution < 1.29 is 19.1 Å². The molecule has 4 nitrogen and oxygen atoms in total. The molecule has 0 amide bonds. The van der Waals surface area contributed by atoms with Crippen molar-refractivity contribution in [3.05, 3.63) is 0 Å². The number of hydrogen-bond donors (Lipinski definition) is 0. The van der Waals surface area contributed by atoms with Gasteiger partial charge in [-0.15, -0.1) is 0 Å². The lowest BCUT2D eigenvalue weighted by atomic mass is 9.74. The van der Waals surface area contributed by atoms with Crippen molar-refractivity contribution in [2.24, 2.45) is 17.8 Å². The summed E-state index contributed by atoms with van der Waals surface area (Å²) in [5.74, 6) is -0.955. The van der Waals surface area contributed by atoms with Crippen LogP contribution < -0.4 is 0 Å². The molecule has 0 aromatic rings. The molecule has 23 heavy (non-hydrogen) atoms. The van der Waals surface area contributed by atoms with Crippen LogP contribution >= 0.6 is 0 Å². The summed E-state index contributed by atoms with van der Waals surface area (Å²) in [5, 5.41) is 0. The minimum absolute atomic E-state index is 0.203. The van der Waals surface area contributed by atoms with E-state index in [1.807, 2.05) is 6.92 Å². The van der Waals surface area contributed by atoms with Crippen molar-refractivity contribution in [3.63, 3.8) is 0 Å². The summed E-state index contributed by atoms with van der Waals surface area (Å²) in [6, 6.07) is 0. The smallest absolute Gasteiger partial charge is 0.310 e. The monoisotopic (exact) mass is 326 g/mol. The van der Waals surface area contributed by atoms with Crippen LogP contribution in [0.15, 0.2) is 0 Å². The highest BCUT2D eigenvalue weighted by molar-refractivity contribution is 5.82. The first-order valence-corrected chi connectivity index (χ1v) is 9.45. The number of carbonyl (C=O) groups excluding carboxylic acids is 2. The van der Waals surface area contributed by atoms with E-state index in [1.165, 1.54) is 6.42 Å². The first kappa shape index (κ1) is 20.0. The van der Waals surface area contributed by atoms with Crippen molar-refractivity contribution in [1.29, 1.82) is 0 Å². The van der Waals surface area contributed by atoms with Gasteiger partial charge in [0.25, 0.3) is 0 Å². The number of esters is 2. The Morgan fingerprint density at radius 3 is 1.96 bits per heavy atom. The Labute approximate surface area is 141 Å². The average molecular weight is 326 g/mol. The van der Waals surface area contributed by atoms with Crippen molar-refractivity contribution in [1.82, 2.24) is 0 Å². The summed E-state index contributed by atoms with van der Waals surface area (Å²) in [6.45, 7) is 6.86. The zero-order valence-corrected chi connectivity index (χ0v) is 15.1. The maximum absolute atomic E-state index is 12.6. The lowest BCUT2D eigenvalue weighted by Gasteiger charge is -2.31. The SMILES string of the molecule is CCCCOC(=O)C(C)C(C(=O)OCCCC)C1CCCCC1. The first-order chi connectivity index (χ1) is 11.1. The van der Waals surface area contributed by atoms with Gasteiger partial charge in [-0.1, -0.05) is 52.9 Å². The van der Waals surface area contributed by atoms with Gasteiger partial charge in [0, 0.05) is 0 Å². The van der Waals surface area contributed by atoms with Crippen LogP contribution in [0.1, 0.15) is 78.6 Å². The first-order valence-electron chi connectivity index (χ1n) is 9.45. The Balaban J connectivity index is 2.68. The molecule has 0 saturated heterocycles. The van der Waals surface area contributed by atoms with Gasteiger partial charge in [0.15, 0.2) is 0 Å². The van der Waals surface area contributed by atoms with Crippen LogP contribution in [0.2, 0.25) is 0 Å². The van der Waals surface area contributed by atoms with E-state index in [0.29, 0.717) is 13.2 Å². The summed E-state index contributed by atoms with van der Waals surface area (Å²) in [6.07, 6.45) is 9.26. The highest BCUT2D eigenvalue weighted by Crippen LogP contribution is 2.35. The predicted molar refractivity (Wildman–Crippen MR) is 91.0 cm³/mol. The molecule has 0 aromatic carbocycles. The van der Waals surface area contributed by atoms with E-state index in [0.717, 1.165) is 51.4 Å². The maximum atomic E-state index is 12.6. The topological polar surface area (TPSA) is 52.6 Å². The second kappa shape index (κ2) is 11.5. The van der Waals surface area contributed by atoms with E-state index >= 15 is 0 Å². The molecule has 134 valence electrons. The number of unbranched alkanes of at least 4 members (excludes halogenated alkanes) is 2. The third-order valence-electron chi connectivity index (χ3n) is 4.82. The van der Waals surface area contributed by atoms with Gasteiger partial charge in [0.05, 0.1) is 25.0 Å². The number of carbonyl (C=O) groups is 2. The molecule has 0 aromatic heterocycles. The number of ether oxygens (including phenoxy) is 2. The van der Waals surface area contributed by atoms with Crippen molar-refractivity contribution in [3.8, 4) is 0 Å². The van der Waals surface area contributed by atoms with E-state index in [4.69, 9.17) is 9.47 Å². The van der Waals surface area contributed by atoms with Gasteiger partial charge in [-0.25, -0.2) is 0 Å². The van der Waals surface area contributed by atoms with Gasteiger partial charge in [0.1, 0.15) is 0 Å². The quantitative estimate of drug-likeness (QED) is 0.438. The minimum atomic E-state index is -0.413. The maximum Gasteiger partial charge on any atom is 0.310 e. The molecular weight excluding hydrogens is 292 g/mol. The van der Waals surface area contributed by atoms with Crippen LogP contribution in [0.5, 0.6) is 0 Å². The highest BCUT2D eigenvalue weighted by Gasteiger charge is 2.39. The molecule has 0 bridgehead atoms. The van der Waals surface area contributed by atoms with Crippen LogP contribution in [0.3, 0.4) is 0 Å². The summed E-state index contributed by atoms with van der Waals surface area (Å²) in [7, 11) is 0. The normalized spacial score (nSPS) is 18.2. The molecule has 2 atom stereocenters. The predicted octanol–water partition coefficient (Wildman–Crippen LogP) is 4.51. The fourth-order valence-electron chi connectivity index (χ4n) is 3.31. The molecule has 1 aliphatic carbocycles. The standard InChI is InChI=1S/C19H34O4/c1-4-6-13-22-18(20)15(3)17(16-11-9-8-10-12-16)19(21)23-14-7-5-2/h15-17H,4-14H2,1-3H3. The summed E-state index contributed by atoms with van der Waals surface area (Å²) in [4.78, 5) is 24.9. The number of rotatable bonds is 10. The molecule has 1 aliphatic rings. The lowest BCUT2D eigenvalue weighted by Crippen LogP contribution is -2.37. The molecule has 0 N–H and O–H groups in total. The van der Waals surface area contributed by atoms with E-state index in [2.05, 4.69) is 13.8 Å². The Morgan fingerprint density at radius 1 is 0.913 bits per heavy atom. The van der Waals surface area contributed by atoms with E-state index in [1.54, 1.807) is 0 Å². The van der Waals surface area contributed by atoms with Gasteiger partial charge in [-0.2, -0.15) is 0 Å². The van der Waals surface area contributed by atoms with Crippen molar-refractivity contribution >= 4 is 11.9 Å². The molecule has 1 fully saturated rings. The highest BCUT2D eigenvalue weighted by atomic mass is 16.5. The Hall–Kier alpha value is -1.06. The van der Waals surface area contributed by atoms with Crippen LogP contribution in [0.4, 0.5) is 0 Å². The van der Waals surface area contributed by atoms with Gasteiger partial charge in [0.2, 0.25) is 0 Å². The third-order valence-corrected chi connectivity index (χ3v) is 4.82. The van der Waals surface area contributed by atoms with Gasteiger partial charge >= 0.3 is 11.9 Å². The number of hydrogen-bond acceptors (Lipinski definition) is 4. The molecule has 1 saturated carbocycles. The fourth-order valence-corrected chi connectivity index (χ4v) is 3.31. The second-order valence-corrected chi connectivity index (χ2v) is 6.75. The van der Waals surface area contributed by atoms with Gasteiger partial charge in [-0.3, -0.25) is 9.59 Å². The molecule has 0 heterocycles. The fraction of sp³-hybridized carbons (Fsp3) is 0.895. The third kappa shape index (κ3) is 6.92. The lowest BCUT2D eigenvalue weighted by molar-refractivity contribution is -0.163. The zero-order valence-electron chi connectivity index (χ0n) is 15.1. The van der Waals surface area contributed by atoms with E-state index in [9.17, 15) is 9.59 Å². The molecule has 4 heteroatoms. The minimum Gasteiger partial charge on any atom is -0.465 e. The van der Waals surface area contributed by atoms with Crippen LogP contribution in [0, 0.1) is 17.8 Å². The largest absolute Gasteiger partial charge is 0.465 e. The van der Waals surface area contributed by atoms with Gasteiger partial charge < -0.3 is 9.47 Å².